The van der Waals surface area contributed by atoms with Crippen molar-refractivity contribution in [1.82, 2.24) is 0 Å². The van der Waals surface area contributed by atoms with E-state index in [1.54, 1.807) is 0 Å². The summed E-state index contributed by atoms with van der Waals surface area (Å²) < 4.78 is 0. The molecule has 1 aliphatic heterocycles. The van der Waals surface area contributed by atoms with E-state index >= 15 is 0 Å². The fraction of sp³-hybridized carbons (Fsp3) is 0.625. The Morgan fingerprint density at radius 1 is 1.80 bits per heavy atom. The van der Waals surface area contributed by atoms with E-state index in [1.807, 2.05) is 11.8 Å². The van der Waals surface area contributed by atoms with Crippen LogP contribution in [0.5, 0.6) is 0 Å². The molecule has 1 fully saturated rings. The third kappa shape index (κ3) is 2.18. The van der Waals surface area contributed by atoms with Crippen LogP contribution in [0.2, 0.25) is 0 Å². The fourth-order valence-corrected chi connectivity index (χ4v) is 2.48. The predicted molar refractivity (Wildman–Crippen MR) is 45.3 cm³/mol. The first-order valence-corrected chi connectivity index (χ1v) is 4.62. The molecule has 1 nitrogen and oxygen atoms in total. The highest BCUT2D eigenvalue weighted by Crippen LogP contribution is 2.29. The van der Waals surface area contributed by atoms with Crippen molar-refractivity contribution in [3.05, 3.63) is 12.2 Å². The molecule has 0 bridgehead atoms. The van der Waals surface area contributed by atoms with Gasteiger partial charge in [0.1, 0.15) is 6.29 Å². The Morgan fingerprint density at radius 2 is 2.60 bits per heavy atom. The molecular weight excluding hydrogens is 144 g/mol. The van der Waals surface area contributed by atoms with Crippen LogP contribution in [-0.4, -0.2) is 17.3 Å². The topological polar surface area (TPSA) is 17.1 Å². The summed E-state index contributed by atoms with van der Waals surface area (Å²) in [6.07, 6.45) is 4.34. The number of carbonyl (C=O) groups excluding carboxylic acids is 1. The zero-order valence-electron chi connectivity index (χ0n) is 6.01. The van der Waals surface area contributed by atoms with Crippen LogP contribution in [0.25, 0.3) is 0 Å². The zero-order valence-corrected chi connectivity index (χ0v) is 6.82. The summed E-state index contributed by atoms with van der Waals surface area (Å²) in [4.78, 5) is 10.2. The second kappa shape index (κ2) is 3.81. The van der Waals surface area contributed by atoms with Crippen molar-refractivity contribution >= 4 is 18.0 Å². The molecule has 2 heteroatoms. The maximum Gasteiger partial charge on any atom is 0.145 e. The van der Waals surface area contributed by atoms with Crippen molar-refractivity contribution in [2.75, 3.05) is 5.75 Å². The molecule has 56 valence electrons. The molecule has 1 unspecified atom stereocenters. The van der Waals surface area contributed by atoms with E-state index in [0.29, 0.717) is 5.25 Å². The third-order valence-corrected chi connectivity index (χ3v) is 3.08. The van der Waals surface area contributed by atoms with Gasteiger partial charge in [0, 0.05) is 5.25 Å². The van der Waals surface area contributed by atoms with Gasteiger partial charge in [0.2, 0.25) is 0 Å². The SMILES string of the molecule is C=C(C=O)CC1CCCS1. The van der Waals surface area contributed by atoms with Crippen molar-refractivity contribution < 1.29 is 4.79 Å². The Balaban J connectivity index is 2.23. The molecule has 10 heavy (non-hydrogen) atoms. The number of thioether (sulfide) groups is 1. The van der Waals surface area contributed by atoms with Crippen LogP contribution in [0.3, 0.4) is 0 Å². The van der Waals surface area contributed by atoms with Gasteiger partial charge in [-0.3, -0.25) is 4.79 Å². The lowest BCUT2D eigenvalue weighted by Crippen LogP contribution is -1.98. The Bertz CT molecular complexity index is 136. The average Bonchev–Trinajstić information content (AvgIpc) is 2.40. The Labute approximate surface area is 65.9 Å². The smallest absolute Gasteiger partial charge is 0.145 e. The number of rotatable bonds is 3. The van der Waals surface area contributed by atoms with Crippen molar-refractivity contribution in [2.45, 2.75) is 24.5 Å². The lowest BCUT2D eigenvalue weighted by Gasteiger charge is -2.04. The minimum Gasteiger partial charge on any atom is -0.298 e. The van der Waals surface area contributed by atoms with E-state index in [-0.39, 0.29) is 0 Å². The van der Waals surface area contributed by atoms with Crippen molar-refractivity contribution in [3.63, 3.8) is 0 Å². The summed E-state index contributed by atoms with van der Waals surface area (Å²) in [5.74, 6) is 1.26. The second-order valence-electron chi connectivity index (χ2n) is 2.62. The van der Waals surface area contributed by atoms with E-state index in [4.69, 9.17) is 0 Å². The highest BCUT2D eigenvalue weighted by molar-refractivity contribution is 8.00. The van der Waals surface area contributed by atoms with Gasteiger partial charge in [-0.15, -0.1) is 0 Å². The van der Waals surface area contributed by atoms with Gasteiger partial charge in [0.05, 0.1) is 0 Å². The molecule has 0 aromatic carbocycles. The summed E-state index contributed by atoms with van der Waals surface area (Å²) in [5, 5.41) is 0.678. The first-order chi connectivity index (χ1) is 4.83. The van der Waals surface area contributed by atoms with Crippen LogP contribution >= 0.6 is 11.8 Å². The zero-order chi connectivity index (χ0) is 7.40. The van der Waals surface area contributed by atoms with Crippen LogP contribution in [0, 0.1) is 0 Å². The predicted octanol–water partition coefficient (Wildman–Crippen LogP) is 2.03. The van der Waals surface area contributed by atoms with Crippen LogP contribution in [0.1, 0.15) is 19.3 Å². The molecule has 1 aliphatic rings. The van der Waals surface area contributed by atoms with Gasteiger partial charge in [-0.2, -0.15) is 11.8 Å². The molecule has 0 amide bonds. The van der Waals surface area contributed by atoms with Gasteiger partial charge in [0.25, 0.3) is 0 Å². The van der Waals surface area contributed by atoms with Crippen molar-refractivity contribution in [1.29, 1.82) is 0 Å². The quantitative estimate of drug-likeness (QED) is 0.459. The van der Waals surface area contributed by atoms with Crippen LogP contribution in [-0.2, 0) is 4.79 Å². The van der Waals surface area contributed by atoms with E-state index in [1.165, 1.54) is 18.6 Å². The molecule has 0 aliphatic carbocycles. The molecule has 0 N–H and O–H groups in total. The van der Waals surface area contributed by atoms with Crippen LogP contribution in [0.4, 0.5) is 0 Å². The average molecular weight is 156 g/mol. The summed E-state index contributed by atoms with van der Waals surface area (Å²) >= 11 is 1.97. The molecule has 0 radical (unpaired) electrons. The van der Waals surface area contributed by atoms with E-state index in [0.717, 1.165) is 18.3 Å². The molecule has 1 saturated heterocycles. The monoisotopic (exact) mass is 156 g/mol. The third-order valence-electron chi connectivity index (χ3n) is 1.68. The fourth-order valence-electron chi connectivity index (χ4n) is 1.15. The first-order valence-electron chi connectivity index (χ1n) is 3.57. The second-order valence-corrected chi connectivity index (χ2v) is 4.02. The van der Waals surface area contributed by atoms with Gasteiger partial charge in [-0.1, -0.05) is 6.58 Å². The molecule has 1 rings (SSSR count). The summed E-state index contributed by atoms with van der Waals surface area (Å²) in [6.45, 7) is 3.66. The maximum atomic E-state index is 10.2. The number of hydrogen-bond acceptors (Lipinski definition) is 2. The Morgan fingerprint density at radius 3 is 3.10 bits per heavy atom. The van der Waals surface area contributed by atoms with Crippen LogP contribution < -0.4 is 0 Å². The summed E-state index contributed by atoms with van der Waals surface area (Å²) in [5.41, 5.74) is 0.749. The molecule has 0 spiro atoms. The molecular formula is C8H12OS. The Hall–Kier alpha value is -0.240. The standard InChI is InChI=1S/C8H12OS/c1-7(6-9)5-8-3-2-4-10-8/h6,8H,1-5H2. The van der Waals surface area contributed by atoms with E-state index in [9.17, 15) is 4.79 Å². The Kier molecular flexibility index (Phi) is 3.00. The maximum absolute atomic E-state index is 10.2. The van der Waals surface area contributed by atoms with Gasteiger partial charge in [-0.25, -0.2) is 0 Å². The van der Waals surface area contributed by atoms with Gasteiger partial charge < -0.3 is 0 Å². The number of carbonyl (C=O) groups is 1. The van der Waals surface area contributed by atoms with E-state index in [2.05, 4.69) is 6.58 Å². The molecule has 1 heterocycles. The highest BCUT2D eigenvalue weighted by atomic mass is 32.2. The van der Waals surface area contributed by atoms with Crippen molar-refractivity contribution in [3.8, 4) is 0 Å². The molecule has 1 atom stereocenters. The van der Waals surface area contributed by atoms with Gasteiger partial charge in [0.15, 0.2) is 0 Å². The summed E-state index contributed by atoms with van der Waals surface area (Å²) in [6, 6.07) is 0. The van der Waals surface area contributed by atoms with Crippen molar-refractivity contribution in [2.24, 2.45) is 0 Å². The molecule has 0 saturated carbocycles. The van der Waals surface area contributed by atoms with Crippen LogP contribution in [0.15, 0.2) is 12.2 Å². The largest absolute Gasteiger partial charge is 0.298 e. The number of allylic oxidation sites excluding steroid dienone is 1. The lowest BCUT2D eigenvalue weighted by atomic mass is 10.1. The summed E-state index contributed by atoms with van der Waals surface area (Å²) in [7, 11) is 0. The minimum atomic E-state index is 0.678. The normalized spacial score (nSPS) is 24.6. The lowest BCUT2D eigenvalue weighted by molar-refractivity contribution is -0.105. The minimum absolute atomic E-state index is 0.678. The molecule has 0 aromatic rings. The van der Waals surface area contributed by atoms with Gasteiger partial charge in [-0.05, 0) is 30.6 Å². The van der Waals surface area contributed by atoms with E-state index < -0.39 is 0 Å². The van der Waals surface area contributed by atoms with Gasteiger partial charge >= 0.3 is 0 Å². The highest BCUT2D eigenvalue weighted by Gasteiger charge is 2.15. The number of aldehydes is 1. The number of hydrogen-bond donors (Lipinski definition) is 0. The molecule has 0 aromatic heterocycles. The first kappa shape index (κ1) is 7.86.